The van der Waals surface area contributed by atoms with E-state index in [1.165, 1.54) is 12.1 Å². The Morgan fingerprint density at radius 1 is 1.29 bits per heavy atom. The van der Waals surface area contributed by atoms with E-state index >= 15 is 0 Å². The molecule has 2 rings (SSSR count). The minimum atomic E-state index is -0.229. The molecule has 0 bridgehead atoms. The van der Waals surface area contributed by atoms with Crippen LogP contribution in [0.1, 0.15) is 31.1 Å². The maximum atomic E-state index is 13.0. The Morgan fingerprint density at radius 3 is 2.62 bits per heavy atom. The van der Waals surface area contributed by atoms with Gasteiger partial charge >= 0.3 is 0 Å². The highest BCUT2D eigenvalue weighted by atomic mass is 19.1. The van der Waals surface area contributed by atoms with Crippen molar-refractivity contribution in [1.29, 1.82) is 0 Å². The van der Waals surface area contributed by atoms with Gasteiger partial charge in [-0.2, -0.15) is 0 Å². The number of benzene rings is 1. The highest BCUT2D eigenvalue weighted by Gasteiger charge is 2.16. The van der Waals surface area contributed by atoms with Crippen molar-refractivity contribution in [1.82, 2.24) is 20.3 Å². The van der Waals surface area contributed by atoms with Crippen molar-refractivity contribution in [3.8, 4) is 0 Å². The monoisotopic (exact) mass is 292 g/mol. The van der Waals surface area contributed by atoms with Crippen LogP contribution in [0.3, 0.4) is 0 Å². The number of nitrogens with one attached hydrogen (secondary N) is 1. The number of aliphatic hydroxyl groups is 1. The van der Waals surface area contributed by atoms with E-state index in [2.05, 4.69) is 29.5 Å². The van der Waals surface area contributed by atoms with Gasteiger partial charge in [-0.3, -0.25) is 0 Å². The van der Waals surface area contributed by atoms with Crippen molar-refractivity contribution in [2.45, 2.75) is 33.0 Å². The Labute approximate surface area is 123 Å². The molecule has 6 heteroatoms. The number of aliphatic hydroxyl groups excluding tert-OH is 1. The van der Waals surface area contributed by atoms with Crippen LogP contribution in [0, 0.1) is 11.7 Å². The van der Waals surface area contributed by atoms with Crippen LogP contribution >= 0.6 is 0 Å². The molecule has 0 aliphatic rings. The van der Waals surface area contributed by atoms with Crippen molar-refractivity contribution in [2.75, 3.05) is 6.61 Å². The summed E-state index contributed by atoms with van der Waals surface area (Å²) in [6, 6.07) is 6.67. The Morgan fingerprint density at radius 2 is 2.00 bits per heavy atom. The molecule has 0 saturated carbocycles. The molecule has 0 spiro atoms. The fraction of sp³-hybridized carbons (Fsp3) is 0.467. The summed E-state index contributed by atoms with van der Waals surface area (Å²) in [4.78, 5) is 0. The standard InChI is InChI=1S/C15H21FN4O/c1-11(2)15(12-3-5-13(16)6-4-12)17-9-14-10-20(7-8-21)19-18-14/h3-6,10-11,15,17,21H,7-9H2,1-2H3. The van der Waals surface area contributed by atoms with Crippen LogP contribution in [0.4, 0.5) is 4.39 Å². The minimum Gasteiger partial charge on any atom is -0.394 e. The summed E-state index contributed by atoms with van der Waals surface area (Å²) in [5.41, 5.74) is 1.87. The zero-order valence-electron chi connectivity index (χ0n) is 12.3. The molecule has 0 aliphatic carbocycles. The first kappa shape index (κ1) is 15.6. The number of rotatable bonds is 7. The first-order chi connectivity index (χ1) is 10.1. The summed E-state index contributed by atoms with van der Waals surface area (Å²) in [6.45, 7) is 5.29. The first-order valence-corrected chi connectivity index (χ1v) is 7.09. The third-order valence-electron chi connectivity index (χ3n) is 3.31. The highest BCUT2D eigenvalue weighted by molar-refractivity contribution is 5.20. The lowest BCUT2D eigenvalue weighted by molar-refractivity contribution is 0.268. The zero-order chi connectivity index (χ0) is 15.2. The Kier molecular flexibility index (Phi) is 5.41. The molecular weight excluding hydrogens is 271 g/mol. The average Bonchev–Trinajstić information content (AvgIpc) is 2.89. The predicted molar refractivity (Wildman–Crippen MR) is 77.9 cm³/mol. The van der Waals surface area contributed by atoms with E-state index in [9.17, 15) is 4.39 Å². The Bertz CT molecular complexity index is 553. The summed E-state index contributed by atoms with van der Waals surface area (Å²) < 4.78 is 14.6. The van der Waals surface area contributed by atoms with Gasteiger partial charge in [-0.15, -0.1) is 5.10 Å². The van der Waals surface area contributed by atoms with Crippen LogP contribution in [0.5, 0.6) is 0 Å². The molecule has 1 heterocycles. The second-order valence-corrected chi connectivity index (χ2v) is 5.35. The molecule has 0 amide bonds. The molecule has 2 aromatic rings. The van der Waals surface area contributed by atoms with Gasteiger partial charge < -0.3 is 10.4 Å². The number of hydrogen-bond donors (Lipinski definition) is 2. The van der Waals surface area contributed by atoms with Crippen molar-refractivity contribution >= 4 is 0 Å². The van der Waals surface area contributed by atoms with E-state index in [4.69, 9.17) is 5.11 Å². The number of nitrogens with zero attached hydrogens (tertiary/aromatic N) is 3. The van der Waals surface area contributed by atoms with Crippen LogP contribution in [-0.4, -0.2) is 26.7 Å². The number of halogens is 1. The van der Waals surface area contributed by atoms with Crippen molar-refractivity contribution in [3.63, 3.8) is 0 Å². The summed E-state index contributed by atoms with van der Waals surface area (Å²) in [6.07, 6.45) is 1.81. The molecule has 0 radical (unpaired) electrons. The number of hydrogen-bond acceptors (Lipinski definition) is 4. The summed E-state index contributed by atoms with van der Waals surface area (Å²) in [5, 5.41) is 20.3. The normalized spacial score (nSPS) is 12.8. The molecule has 0 aliphatic heterocycles. The molecule has 0 saturated heterocycles. The van der Waals surface area contributed by atoms with Gasteiger partial charge in [-0.1, -0.05) is 31.2 Å². The molecule has 1 aromatic heterocycles. The maximum absolute atomic E-state index is 13.0. The second-order valence-electron chi connectivity index (χ2n) is 5.35. The van der Waals surface area contributed by atoms with Gasteiger partial charge in [0.25, 0.3) is 0 Å². The minimum absolute atomic E-state index is 0.0421. The van der Waals surface area contributed by atoms with Crippen molar-refractivity contribution in [3.05, 3.63) is 47.5 Å². The molecular formula is C15H21FN4O. The van der Waals surface area contributed by atoms with Gasteiger partial charge in [-0.25, -0.2) is 9.07 Å². The van der Waals surface area contributed by atoms with Crippen LogP contribution in [0.15, 0.2) is 30.5 Å². The summed E-state index contributed by atoms with van der Waals surface area (Å²) in [5.74, 6) is 0.135. The molecule has 1 aromatic carbocycles. The van der Waals surface area contributed by atoms with E-state index < -0.39 is 0 Å². The SMILES string of the molecule is CC(C)C(NCc1cn(CCO)nn1)c1ccc(F)cc1. The maximum Gasteiger partial charge on any atom is 0.123 e. The largest absolute Gasteiger partial charge is 0.394 e. The first-order valence-electron chi connectivity index (χ1n) is 7.09. The fourth-order valence-corrected chi connectivity index (χ4v) is 2.25. The van der Waals surface area contributed by atoms with Gasteiger partial charge in [0.1, 0.15) is 5.82 Å². The van der Waals surface area contributed by atoms with Gasteiger partial charge in [0.2, 0.25) is 0 Å². The third kappa shape index (κ3) is 4.34. The third-order valence-corrected chi connectivity index (χ3v) is 3.31. The molecule has 2 N–H and O–H groups in total. The smallest absolute Gasteiger partial charge is 0.123 e. The zero-order valence-corrected chi connectivity index (χ0v) is 12.3. The molecule has 5 nitrogen and oxygen atoms in total. The van der Waals surface area contributed by atoms with E-state index in [0.717, 1.165) is 11.3 Å². The summed E-state index contributed by atoms with van der Waals surface area (Å²) in [7, 11) is 0. The Balaban J connectivity index is 2.01. The van der Waals surface area contributed by atoms with Crippen LogP contribution in [0.25, 0.3) is 0 Å². The average molecular weight is 292 g/mol. The van der Waals surface area contributed by atoms with E-state index in [1.807, 2.05) is 6.20 Å². The lowest BCUT2D eigenvalue weighted by atomic mass is 9.96. The van der Waals surface area contributed by atoms with Crippen molar-refractivity contribution < 1.29 is 9.50 Å². The van der Waals surface area contributed by atoms with E-state index in [-0.39, 0.29) is 18.5 Å². The summed E-state index contributed by atoms with van der Waals surface area (Å²) >= 11 is 0. The predicted octanol–water partition coefficient (Wildman–Crippen LogP) is 1.90. The highest BCUT2D eigenvalue weighted by Crippen LogP contribution is 2.22. The Hall–Kier alpha value is -1.79. The van der Waals surface area contributed by atoms with Crippen LogP contribution in [0.2, 0.25) is 0 Å². The van der Waals surface area contributed by atoms with Crippen molar-refractivity contribution in [2.24, 2.45) is 5.92 Å². The molecule has 1 atom stereocenters. The molecule has 114 valence electrons. The topological polar surface area (TPSA) is 63.0 Å². The van der Waals surface area contributed by atoms with E-state index in [1.54, 1.807) is 16.8 Å². The lowest BCUT2D eigenvalue weighted by Crippen LogP contribution is -2.25. The fourth-order valence-electron chi connectivity index (χ4n) is 2.25. The van der Waals surface area contributed by atoms with Gasteiger partial charge in [0.05, 0.1) is 18.8 Å². The van der Waals surface area contributed by atoms with Gasteiger partial charge in [0, 0.05) is 18.8 Å². The quantitative estimate of drug-likeness (QED) is 0.818. The molecule has 21 heavy (non-hydrogen) atoms. The van der Waals surface area contributed by atoms with E-state index in [0.29, 0.717) is 19.0 Å². The van der Waals surface area contributed by atoms with Gasteiger partial charge in [0.15, 0.2) is 0 Å². The molecule has 1 unspecified atom stereocenters. The number of aromatic nitrogens is 3. The lowest BCUT2D eigenvalue weighted by Gasteiger charge is -2.22. The molecule has 0 fully saturated rings. The van der Waals surface area contributed by atoms with Gasteiger partial charge in [-0.05, 0) is 23.6 Å². The second kappa shape index (κ2) is 7.28. The van der Waals surface area contributed by atoms with Crippen LogP contribution < -0.4 is 5.32 Å². The van der Waals surface area contributed by atoms with Crippen LogP contribution in [-0.2, 0) is 13.1 Å².